The highest BCUT2D eigenvalue weighted by Crippen LogP contribution is 2.36. The molecule has 0 aliphatic carbocycles. The highest BCUT2D eigenvalue weighted by atomic mass is 35.5. The van der Waals surface area contributed by atoms with Crippen molar-refractivity contribution in [3.8, 4) is 5.75 Å². The lowest BCUT2D eigenvalue weighted by Gasteiger charge is -2.14. The number of fused-ring (bicyclic) bond motifs is 1. The molecule has 202 valence electrons. The number of hydrogen-bond donors (Lipinski definition) is 1. The Morgan fingerprint density at radius 2 is 1.73 bits per heavy atom. The molecule has 3 amide bonds. The van der Waals surface area contributed by atoms with Crippen LogP contribution in [-0.2, 0) is 26.3 Å². The van der Waals surface area contributed by atoms with E-state index in [4.69, 9.17) is 15.8 Å². The molecule has 1 fully saturated rings. The van der Waals surface area contributed by atoms with Crippen LogP contribution in [0.2, 0.25) is 5.02 Å². The summed E-state index contributed by atoms with van der Waals surface area (Å²) in [5.74, 6) is -0.813. The van der Waals surface area contributed by atoms with E-state index >= 15 is 0 Å². The van der Waals surface area contributed by atoms with Gasteiger partial charge >= 0.3 is 10.1 Å². The molecule has 4 aromatic rings. The summed E-state index contributed by atoms with van der Waals surface area (Å²) in [6.07, 6.45) is 1.53. The van der Waals surface area contributed by atoms with Gasteiger partial charge in [0.1, 0.15) is 4.90 Å². The van der Waals surface area contributed by atoms with Crippen molar-refractivity contribution in [1.82, 2.24) is 4.90 Å². The summed E-state index contributed by atoms with van der Waals surface area (Å²) in [4.78, 5) is 38.3. The Labute approximate surface area is 239 Å². The topological polar surface area (TPSA) is 110 Å². The highest BCUT2D eigenvalue weighted by Gasteiger charge is 2.35. The average molecular weight is 593 g/mol. The van der Waals surface area contributed by atoms with Crippen LogP contribution in [0.25, 0.3) is 16.8 Å². The van der Waals surface area contributed by atoms with Crippen molar-refractivity contribution in [1.29, 1.82) is 0 Å². The monoisotopic (exact) mass is 592 g/mol. The molecule has 0 atom stereocenters. The summed E-state index contributed by atoms with van der Waals surface area (Å²) in [5.41, 5.74) is 1.79. The van der Waals surface area contributed by atoms with Crippen molar-refractivity contribution >= 4 is 73.1 Å². The second kappa shape index (κ2) is 11.2. The molecule has 1 saturated heterocycles. The molecule has 0 bridgehead atoms. The number of carbonyl (C=O) groups excluding carboxylic acids is 3. The molecule has 0 aromatic heterocycles. The van der Waals surface area contributed by atoms with Crippen LogP contribution in [0, 0.1) is 0 Å². The lowest BCUT2D eigenvalue weighted by atomic mass is 10.0. The highest BCUT2D eigenvalue weighted by molar-refractivity contribution is 8.18. The summed E-state index contributed by atoms with van der Waals surface area (Å²) in [6, 6.07) is 23.4. The quantitative estimate of drug-likeness (QED) is 0.194. The number of hydrogen-bond acceptors (Lipinski definition) is 7. The smallest absolute Gasteiger partial charge is 0.339 e. The van der Waals surface area contributed by atoms with Crippen molar-refractivity contribution in [2.45, 2.75) is 18.4 Å². The van der Waals surface area contributed by atoms with E-state index in [9.17, 15) is 22.8 Å². The number of anilines is 1. The molecular weight excluding hydrogens is 572 g/mol. The van der Waals surface area contributed by atoms with Crippen LogP contribution < -0.4 is 9.50 Å². The molecule has 1 heterocycles. The number of rotatable bonds is 7. The molecule has 0 saturated carbocycles. The van der Waals surface area contributed by atoms with Crippen LogP contribution in [0.5, 0.6) is 5.75 Å². The van der Waals surface area contributed by atoms with E-state index in [0.717, 1.165) is 28.1 Å². The number of nitrogens with zero attached hydrogens (tertiary/aromatic N) is 1. The molecule has 40 heavy (non-hydrogen) atoms. The summed E-state index contributed by atoms with van der Waals surface area (Å²) >= 11 is 7.14. The standard InChI is InChI=1S/C29H21ClN2O6S2/c1-18(33)31-22-10-12-23(13-11-22)40(36,37)38-26-14-9-19(15-25(26)30)16-27-28(34)32(29(35)39-27)17-21-7-4-6-20-5-2-3-8-24(20)21/h2-16H,17H2,1H3,(H,31,33)/b27-16-. The van der Waals surface area contributed by atoms with Crippen LogP contribution in [-0.4, -0.2) is 30.4 Å². The first-order valence-corrected chi connectivity index (χ1v) is 14.5. The zero-order valence-corrected chi connectivity index (χ0v) is 23.3. The zero-order chi connectivity index (χ0) is 28.4. The van der Waals surface area contributed by atoms with Crippen molar-refractivity contribution in [2.24, 2.45) is 0 Å². The summed E-state index contributed by atoms with van der Waals surface area (Å²) in [5, 5.41) is 4.16. The third kappa shape index (κ3) is 5.89. The first-order valence-electron chi connectivity index (χ1n) is 11.9. The Bertz CT molecular complexity index is 1800. The molecule has 0 spiro atoms. The maximum Gasteiger partial charge on any atom is 0.339 e. The Kier molecular flexibility index (Phi) is 7.66. The summed E-state index contributed by atoms with van der Waals surface area (Å²) in [7, 11) is -4.21. The SMILES string of the molecule is CC(=O)Nc1ccc(S(=O)(=O)Oc2ccc(/C=C3\SC(=O)N(Cc4cccc5ccccc45)C3=O)cc2Cl)cc1. The Morgan fingerprint density at radius 3 is 2.45 bits per heavy atom. The molecule has 5 rings (SSSR count). The molecule has 4 aromatic carbocycles. The van der Waals surface area contributed by atoms with Gasteiger partial charge in [0.2, 0.25) is 5.91 Å². The molecule has 11 heteroatoms. The third-order valence-corrected chi connectivity index (χ3v) is 8.45. The first-order chi connectivity index (χ1) is 19.1. The van der Waals surface area contributed by atoms with Crippen LogP contribution in [0.15, 0.2) is 94.7 Å². The van der Waals surface area contributed by atoms with Gasteiger partial charge in [0.05, 0.1) is 16.5 Å². The van der Waals surface area contributed by atoms with Gasteiger partial charge in [0.15, 0.2) is 5.75 Å². The third-order valence-electron chi connectivity index (χ3n) is 6.00. The van der Waals surface area contributed by atoms with Gasteiger partial charge in [-0.15, -0.1) is 0 Å². The minimum atomic E-state index is -4.21. The predicted octanol–water partition coefficient (Wildman–Crippen LogP) is 6.46. The van der Waals surface area contributed by atoms with Gasteiger partial charge in [-0.1, -0.05) is 60.1 Å². The van der Waals surface area contributed by atoms with Crippen molar-refractivity contribution in [3.63, 3.8) is 0 Å². The van der Waals surface area contributed by atoms with Gasteiger partial charge in [-0.05, 0) is 76.1 Å². The fourth-order valence-corrected chi connectivity index (χ4v) is 6.20. The van der Waals surface area contributed by atoms with Crippen LogP contribution in [0.4, 0.5) is 10.5 Å². The number of carbonyl (C=O) groups is 3. The Hall–Kier alpha value is -4.12. The molecule has 0 radical (unpaired) electrons. The van der Waals surface area contributed by atoms with Crippen molar-refractivity contribution < 1.29 is 27.0 Å². The molecule has 8 nitrogen and oxygen atoms in total. The summed E-state index contributed by atoms with van der Waals surface area (Å²) < 4.78 is 30.7. The molecule has 0 unspecified atom stereocenters. The lowest BCUT2D eigenvalue weighted by Crippen LogP contribution is -2.27. The second-order valence-corrected chi connectivity index (χ2v) is 11.8. The molecular formula is C29H21ClN2O6S2. The Balaban J connectivity index is 1.31. The van der Waals surface area contributed by atoms with Gasteiger partial charge in [0, 0.05) is 12.6 Å². The molecule has 1 aliphatic heterocycles. The zero-order valence-electron chi connectivity index (χ0n) is 21.0. The predicted molar refractivity (Wildman–Crippen MR) is 155 cm³/mol. The maximum absolute atomic E-state index is 13.1. The fraction of sp³-hybridized carbons (Fsp3) is 0.0690. The van der Waals surface area contributed by atoms with Gasteiger partial charge < -0.3 is 9.50 Å². The van der Waals surface area contributed by atoms with Crippen LogP contribution in [0.3, 0.4) is 0 Å². The summed E-state index contributed by atoms with van der Waals surface area (Å²) in [6.45, 7) is 1.48. The average Bonchev–Trinajstić information content (AvgIpc) is 3.17. The molecule has 1 N–H and O–H groups in total. The van der Waals surface area contributed by atoms with Crippen molar-refractivity contribution in [2.75, 3.05) is 5.32 Å². The fourth-order valence-electron chi connectivity index (χ4n) is 4.14. The number of amides is 3. The first kappa shape index (κ1) is 27.4. The van der Waals surface area contributed by atoms with E-state index in [1.54, 1.807) is 0 Å². The van der Waals surface area contributed by atoms with Gasteiger partial charge in [-0.25, -0.2) is 0 Å². The van der Waals surface area contributed by atoms with E-state index in [2.05, 4.69) is 5.32 Å². The number of thioether (sulfide) groups is 1. The number of imide groups is 1. The van der Waals surface area contributed by atoms with E-state index in [1.807, 2.05) is 42.5 Å². The minimum Gasteiger partial charge on any atom is -0.377 e. The van der Waals surface area contributed by atoms with E-state index in [-0.39, 0.29) is 38.3 Å². The van der Waals surface area contributed by atoms with Gasteiger partial charge in [-0.2, -0.15) is 8.42 Å². The maximum atomic E-state index is 13.1. The number of nitrogens with one attached hydrogen (secondary N) is 1. The van der Waals surface area contributed by atoms with E-state index in [0.29, 0.717) is 11.3 Å². The minimum absolute atomic E-state index is 0.00201. The van der Waals surface area contributed by atoms with Gasteiger partial charge in [-0.3, -0.25) is 19.3 Å². The van der Waals surface area contributed by atoms with Crippen LogP contribution >= 0.6 is 23.4 Å². The normalized spacial score (nSPS) is 14.7. The van der Waals surface area contributed by atoms with E-state index in [1.165, 1.54) is 60.4 Å². The molecule has 1 aliphatic rings. The largest absolute Gasteiger partial charge is 0.377 e. The number of halogens is 1. The van der Waals surface area contributed by atoms with Crippen LogP contribution in [0.1, 0.15) is 18.1 Å². The lowest BCUT2D eigenvalue weighted by molar-refractivity contribution is -0.123. The number of benzene rings is 4. The van der Waals surface area contributed by atoms with Gasteiger partial charge in [0.25, 0.3) is 11.1 Å². The van der Waals surface area contributed by atoms with E-state index < -0.39 is 16.0 Å². The Morgan fingerprint density at radius 1 is 1.00 bits per heavy atom. The van der Waals surface area contributed by atoms with Crippen molar-refractivity contribution in [3.05, 3.63) is 106 Å². The second-order valence-electron chi connectivity index (χ2n) is 8.84.